The van der Waals surface area contributed by atoms with Gasteiger partial charge in [-0.2, -0.15) is 5.10 Å². The first-order valence-electron chi connectivity index (χ1n) is 7.70. The molecular formula is C17H17N5O. The van der Waals surface area contributed by atoms with Crippen LogP contribution in [0.15, 0.2) is 36.5 Å². The van der Waals surface area contributed by atoms with Gasteiger partial charge in [-0.15, -0.1) is 0 Å². The fourth-order valence-corrected chi connectivity index (χ4v) is 2.97. The number of anilines is 2. The molecule has 0 saturated heterocycles. The standard InChI is InChI=1S/C17H17N5O/c18-15-12-9-19-22(10-11-5-2-1-3-6-11)17(12)20-13-7-4-8-14(23)21-16(13)15/h1-3,5-6,9H,4,7-8,10H2,(H2,18,20)(H,21,23). The van der Waals surface area contributed by atoms with Crippen molar-refractivity contribution in [3.8, 4) is 0 Å². The molecule has 4 rings (SSSR count). The molecule has 3 heterocycles. The van der Waals surface area contributed by atoms with E-state index >= 15 is 0 Å². The van der Waals surface area contributed by atoms with Crippen LogP contribution in [0.5, 0.6) is 0 Å². The maximum absolute atomic E-state index is 11.8. The Balaban J connectivity index is 1.82. The Labute approximate surface area is 133 Å². The van der Waals surface area contributed by atoms with Gasteiger partial charge in [-0.3, -0.25) is 4.79 Å². The van der Waals surface area contributed by atoms with E-state index < -0.39 is 0 Å². The summed E-state index contributed by atoms with van der Waals surface area (Å²) < 4.78 is 1.86. The Hall–Kier alpha value is -2.89. The lowest BCUT2D eigenvalue weighted by Gasteiger charge is -2.11. The summed E-state index contributed by atoms with van der Waals surface area (Å²) in [6, 6.07) is 10.1. The second kappa shape index (κ2) is 5.39. The minimum Gasteiger partial charge on any atom is -0.396 e. The van der Waals surface area contributed by atoms with Crippen molar-refractivity contribution in [1.29, 1.82) is 0 Å². The van der Waals surface area contributed by atoms with E-state index in [2.05, 4.69) is 22.5 Å². The zero-order valence-electron chi connectivity index (χ0n) is 12.6. The molecule has 0 spiro atoms. The summed E-state index contributed by atoms with van der Waals surface area (Å²) in [4.78, 5) is 16.5. The largest absolute Gasteiger partial charge is 0.396 e. The number of nitrogens with one attached hydrogen (secondary N) is 1. The monoisotopic (exact) mass is 307 g/mol. The van der Waals surface area contributed by atoms with Gasteiger partial charge in [-0.1, -0.05) is 30.3 Å². The van der Waals surface area contributed by atoms with Gasteiger partial charge >= 0.3 is 0 Å². The predicted octanol–water partition coefficient (Wildman–Crippen LogP) is 2.34. The number of hydrogen-bond acceptors (Lipinski definition) is 4. The highest BCUT2D eigenvalue weighted by Crippen LogP contribution is 2.33. The van der Waals surface area contributed by atoms with E-state index in [-0.39, 0.29) is 5.91 Å². The molecule has 0 atom stereocenters. The maximum atomic E-state index is 11.8. The molecule has 23 heavy (non-hydrogen) atoms. The van der Waals surface area contributed by atoms with Crippen LogP contribution in [0.1, 0.15) is 24.1 Å². The first kappa shape index (κ1) is 13.8. The molecular weight excluding hydrogens is 290 g/mol. The lowest BCUT2D eigenvalue weighted by atomic mass is 10.1. The predicted molar refractivity (Wildman–Crippen MR) is 89.1 cm³/mol. The van der Waals surface area contributed by atoms with Crippen molar-refractivity contribution >= 4 is 28.3 Å². The molecule has 1 aliphatic rings. The number of carbonyl (C=O) groups is 1. The van der Waals surface area contributed by atoms with Gasteiger partial charge < -0.3 is 11.1 Å². The quantitative estimate of drug-likeness (QED) is 0.761. The molecule has 0 unspecified atom stereocenters. The van der Waals surface area contributed by atoms with E-state index in [9.17, 15) is 4.79 Å². The van der Waals surface area contributed by atoms with Gasteiger partial charge in [0, 0.05) is 6.42 Å². The van der Waals surface area contributed by atoms with Crippen LogP contribution in [0.4, 0.5) is 11.4 Å². The topological polar surface area (TPSA) is 85.8 Å². The van der Waals surface area contributed by atoms with Crippen molar-refractivity contribution in [2.75, 3.05) is 11.1 Å². The number of nitrogens with zero attached hydrogens (tertiary/aromatic N) is 3. The lowest BCUT2D eigenvalue weighted by molar-refractivity contribution is -0.116. The highest BCUT2D eigenvalue weighted by molar-refractivity contribution is 6.02. The fraction of sp³-hybridized carbons (Fsp3) is 0.235. The molecule has 1 aromatic carbocycles. The first-order chi connectivity index (χ1) is 11.2. The van der Waals surface area contributed by atoms with Crippen molar-refractivity contribution in [3.05, 3.63) is 47.8 Å². The molecule has 1 aliphatic heterocycles. The Morgan fingerprint density at radius 2 is 2.04 bits per heavy atom. The van der Waals surface area contributed by atoms with Crippen LogP contribution < -0.4 is 11.1 Å². The van der Waals surface area contributed by atoms with Gasteiger partial charge in [0.2, 0.25) is 5.91 Å². The molecule has 0 fully saturated rings. The number of amides is 1. The number of nitrogens with two attached hydrogens (primary N) is 1. The molecule has 6 heteroatoms. The summed E-state index contributed by atoms with van der Waals surface area (Å²) in [5.74, 6) is -0.00622. The van der Waals surface area contributed by atoms with E-state index in [0.29, 0.717) is 24.3 Å². The SMILES string of the molecule is Nc1c2c(nc3c1cnn3Cc1ccccc1)CCCC(=O)N2. The number of benzene rings is 1. The zero-order valence-corrected chi connectivity index (χ0v) is 12.6. The number of nitrogen functional groups attached to an aromatic ring is 1. The molecule has 3 aromatic rings. The minimum atomic E-state index is -0.00622. The van der Waals surface area contributed by atoms with Crippen LogP contribution in [0, 0.1) is 0 Å². The van der Waals surface area contributed by atoms with E-state index in [1.54, 1.807) is 6.20 Å². The van der Waals surface area contributed by atoms with E-state index in [0.717, 1.165) is 35.1 Å². The average molecular weight is 307 g/mol. The van der Waals surface area contributed by atoms with Crippen LogP contribution in [0.3, 0.4) is 0 Å². The third-order valence-corrected chi connectivity index (χ3v) is 4.16. The second-order valence-electron chi connectivity index (χ2n) is 5.77. The van der Waals surface area contributed by atoms with Crippen LogP contribution in [-0.2, 0) is 17.8 Å². The third kappa shape index (κ3) is 2.42. The van der Waals surface area contributed by atoms with E-state index in [1.807, 2.05) is 22.9 Å². The van der Waals surface area contributed by atoms with E-state index in [4.69, 9.17) is 10.7 Å². The molecule has 1 amide bonds. The van der Waals surface area contributed by atoms with Crippen molar-refractivity contribution in [2.24, 2.45) is 0 Å². The summed E-state index contributed by atoms with van der Waals surface area (Å²) in [7, 11) is 0. The molecule has 0 bridgehead atoms. The highest BCUT2D eigenvalue weighted by Gasteiger charge is 2.20. The maximum Gasteiger partial charge on any atom is 0.224 e. The van der Waals surface area contributed by atoms with E-state index in [1.165, 1.54) is 0 Å². The molecule has 3 N–H and O–H groups in total. The normalized spacial score (nSPS) is 14.3. The summed E-state index contributed by atoms with van der Waals surface area (Å²) in [5.41, 5.74) is 10.2. The number of rotatable bonds is 2. The Kier molecular flexibility index (Phi) is 3.22. The zero-order chi connectivity index (χ0) is 15.8. The summed E-state index contributed by atoms with van der Waals surface area (Å²) in [6.07, 6.45) is 3.74. The molecule has 2 aromatic heterocycles. The summed E-state index contributed by atoms with van der Waals surface area (Å²) in [6.45, 7) is 0.641. The van der Waals surface area contributed by atoms with Crippen molar-refractivity contribution in [2.45, 2.75) is 25.8 Å². The highest BCUT2D eigenvalue weighted by atomic mass is 16.1. The Bertz CT molecular complexity index is 885. The van der Waals surface area contributed by atoms with Crippen LogP contribution in [0.25, 0.3) is 11.0 Å². The van der Waals surface area contributed by atoms with Gasteiger partial charge in [0.1, 0.15) is 0 Å². The number of fused-ring (bicyclic) bond motifs is 2. The molecule has 0 radical (unpaired) electrons. The number of aryl methyl sites for hydroxylation is 1. The molecule has 116 valence electrons. The van der Waals surface area contributed by atoms with Gasteiger partial charge in [-0.25, -0.2) is 9.67 Å². The summed E-state index contributed by atoms with van der Waals surface area (Å²) in [5, 5.41) is 8.08. The lowest BCUT2D eigenvalue weighted by Crippen LogP contribution is -2.12. The number of hydrogen-bond donors (Lipinski definition) is 2. The molecule has 0 saturated carbocycles. The first-order valence-corrected chi connectivity index (χ1v) is 7.70. The fourth-order valence-electron chi connectivity index (χ4n) is 2.97. The van der Waals surface area contributed by atoms with Gasteiger partial charge in [0.15, 0.2) is 5.65 Å². The van der Waals surface area contributed by atoms with Crippen molar-refractivity contribution < 1.29 is 4.79 Å². The average Bonchev–Trinajstić information content (AvgIpc) is 2.84. The van der Waals surface area contributed by atoms with Gasteiger partial charge in [-0.05, 0) is 18.4 Å². The third-order valence-electron chi connectivity index (χ3n) is 4.16. The summed E-state index contributed by atoms with van der Waals surface area (Å²) >= 11 is 0. The van der Waals surface area contributed by atoms with Crippen LogP contribution in [0.2, 0.25) is 0 Å². The number of pyridine rings is 1. The Morgan fingerprint density at radius 3 is 2.87 bits per heavy atom. The van der Waals surface area contributed by atoms with Crippen molar-refractivity contribution in [3.63, 3.8) is 0 Å². The van der Waals surface area contributed by atoms with Crippen molar-refractivity contribution in [1.82, 2.24) is 14.8 Å². The minimum absolute atomic E-state index is 0.00622. The number of aromatic nitrogens is 3. The van der Waals surface area contributed by atoms with Crippen LogP contribution in [-0.4, -0.2) is 20.7 Å². The van der Waals surface area contributed by atoms with Crippen LogP contribution >= 0.6 is 0 Å². The molecule has 6 nitrogen and oxygen atoms in total. The smallest absolute Gasteiger partial charge is 0.224 e. The second-order valence-corrected chi connectivity index (χ2v) is 5.77. The molecule has 0 aliphatic carbocycles. The van der Waals surface area contributed by atoms with Gasteiger partial charge in [0.25, 0.3) is 0 Å². The number of carbonyl (C=O) groups excluding carboxylic acids is 1. The van der Waals surface area contributed by atoms with Gasteiger partial charge in [0.05, 0.1) is 35.2 Å². The Morgan fingerprint density at radius 1 is 1.22 bits per heavy atom.